The third-order valence-corrected chi connectivity index (χ3v) is 2.08. The fraction of sp³-hybridized carbons (Fsp3) is 0.143. The Morgan fingerprint density at radius 2 is 1.89 bits per heavy atom. The molecule has 18 heavy (non-hydrogen) atoms. The molecule has 0 unspecified atom stereocenters. The van der Waals surface area contributed by atoms with Gasteiger partial charge in [0.1, 0.15) is 0 Å². The maximum absolute atomic E-state index is 11.5. The lowest BCUT2D eigenvalue weighted by molar-refractivity contribution is -0.131. The SMILES string of the molecule is O=C(O)C=CC=CCCC(=O)Nc1ccccc1. The first kappa shape index (κ1) is 13.7. The van der Waals surface area contributed by atoms with Gasteiger partial charge in [0, 0.05) is 18.2 Å². The number of carbonyl (C=O) groups is 2. The Morgan fingerprint density at radius 3 is 2.56 bits per heavy atom. The van der Waals surface area contributed by atoms with Gasteiger partial charge < -0.3 is 10.4 Å². The summed E-state index contributed by atoms with van der Waals surface area (Å²) in [6.45, 7) is 0. The van der Waals surface area contributed by atoms with Gasteiger partial charge in [-0.05, 0) is 18.6 Å². The average molecular weight is 245 g/mol. The fourth-order valence-corrected chi connectivity index (χ4v) is 1.27. The summed E-state index contributed by atoms with van der Waals surface area (Å²) in [4.78, 5) is 21.7. The first-order valence-corrected chi connectivity index (χ1v) is 5.59. The average Bonchev–Trinajstić information content (AvgIpc) is 2.34. The summed E-state index contributed by atoms with van der Waals surface area (Å²) in [7, 11) is 0. The Hall–Kier alpha value is -2.36. The first-order chi connectivity index (χ1) is 8.68. The summed E-state index contributed by atoms with van der Waals surface area (Å²) in [6.07, 6.45) is 6.78. The molecule has 0 fully saturated rings. The highest BCUT2D eigenvalue weighted by atomic mass is 16.4. The monoisotopic (exact) mass is 245 g/mol. The summed E-state index contributed by atoms with van der Waals surface area (Å²) >= 11 is 0. The van der Waals surface area contributed by atoms with E-state index in [2.05, 4.69) is 5.32 Å². The van der Waals surface area contributed by atoms with E-state index in [1.807, 2.05) is 30.3 Å². The predicted molar refractivity (Wildman–Crippen MR) is 70.2 cm³/mol. The van der Waals surface area contributed by atoms with E-state index in [0.29, 0.717) is 12.8 Å². The molecule has 4 nitrogen and oxygen atoms in total. The molecule has 0 aliphatic heterocycles. The van der Waals surface area contributed by atoms with Crippen LogP contribution >= 0.6 is 0 Å². The number of hydrogen-bond acceptors (Lipinski definition) is 2. The summed E-state index contributed by atoms with van der Waals surface area (Å²) in [5, 5.41) is 11.1. The van der Waals surface area contributed by atoms with Crippen molar-refractivity contribution in [3.63, 3.8) is 0 Å². The Morgan fingerprint density at radius 1 is 1.17 bits per heavy atom. The molecule has 0 aliphatic carbocycles. The number of benzene rings is 1. The van der Waals surface area contributed by atoms with Crippen LogP contribution in [-0.4, -0.2) is 17.0 Å². The minimum absolute atomic E-state index is 0.0620. The normalized spacial score (nSPS) is 10.9. The third-order valence-electron chi connectivity index (χ3n) is 2.08. The molecule has 0 aliphatic rings. The number of hydrogen-bond donors (Lipinski definition) is 2. The van der Waals surface area contributed by atoms with Gasteiger partial charge in [0.25, 0.3) is 0 Å². The smallest absolute Gasteiger partial charge is 0.328 e. The summed E-state index contributed by atoms with van der Waals surface area (Å²) < 4.78 is 0. The molecule has 0 saturated carbocycles. The molecule has 0 heterocycles. The molecule has 1 amide bonds. The second-order valence-electron chi connectivity index (χ2n) is 3.58. The first-order valence-electron chi connectivity index (χ1n) is 5.59. The van der Waals surface area contributed by atoms with E-state index in [9.17, 15) is 9.59 Å². The lowest BCUT2D eigenvalue weighted by atomic mass is 10.2. The van der Waals surface area contributed by atoms with Crippen LogP contribution in [-0.2, 0) is 9.59 Å². The lowest BCUT2D eigenvalue weighted by Crippen LogP contribution is -2.10. The van der Waals surface area contributed by atoms with Crippen molar-refractivity contribution in [1.29, 1.82) is 0 Å². The number of para-hydroxylation sites is 1. The minimum Gasteiger partial charge on any atom is -0.478 e. The molecule has 1 aromatic rings. The largest absolute Gasteiger partial charge is 0.478 e. The lowest BCUT2D eigenvalue weighted by Gasteiger charge is -2.02. The minimum atomic E-state index is -0.985. The number of carbonyl (C=O) groups excluding carboxylic acids is 1. The van der Waals surface area contributed by atoms with Gasteiger partial charge in [-0.15, -0.1) is 0 Å². The van der Waals surface area contributed by atoms with Gasteiger partial charge in [-0.1, -0.05) is 36.4 Å². The Balaban J connectivity index is 2.24. The Labute approximate surface area is 106 Å². The van der Waals surface area contributed by atoms with E-state index in [-0.39, 0.29) is 5.91 Å². The standard InChI is InChI=1S/C14H15NO3/c16-13(15-12-8-4-3-5-9-12)10-6-1-2-7-11-14(17)18/h1-5,7-9,11H,6,10H2,(H,15,16)(H,17,18). The van der Waals surface area contributed by atoms with Gasteiger partial charge in [0.2, 0.25) is 5.91 Å². The van der Waals surface area contributed by atoms with E-state index >= 15 is 0 Å². The molecule has 0 spiro atoms. The Kier molecular flexibility index (Phi) is 5.97. The number of aliphatic carboxylic acids is 1. The topological polar surface area (TPSA) is 66.4 Å². The van der Waals surface area contributed by atoms with Gasteiger partial charge in [0.05, 0.1) is 0 Å². The van der Waals surface area contributed by atoms with Crippen molar-refractivity contribution >= 4 is 17.6 Å². The quantitative estimate of drug-likeness (QED) is 0.598. The molecule has 0 radical (unpaired) electrons. The number of rotatable bonds is 6. The van der Waals surface area contributed by atoms with Crippen LogP contribution in [0.1, 0.15) is 12.8 Å². The zero-order chi connectivity index (χ0) is 13.2. The molecular weight excluding hydrogens is 230 g/mol. The van der Waals surface area contributed by atoms with Crippen molar-refractivity contribution < 1.29 is 14.7 Å². The van der Waals surface area contributed by atoms with Crippen LogP contribution in [0.3, 0.4) is 0 Å². The highest BCUT2D eigenvalue weighted by molar-refractivity contribution is 5.90. The highest BCUT2D eigenvalue weighted by Gasteiger charge is 1.99. The van der Waals surface area contributed by atoms with Gasteiger partial charge in [-0.3, -0.25) is 4.79 Å². The molecular formula is C14H15NO3. The fourth-order valence-electron chi connectivity index (χ4n) is 1.27. The second kappa shape index (κ2) is 7.84. The summed E-state index contributed by atoms with van der Waals surface area (Å²) in [5.41, 5.74) is 0.775. The molecule has 0 aromatic heterocycles. The summed E-state index contributed by atoms with van der Waals surface area (Å²) in [6, 6.07) is 9.23. The van der Waals surface area contributed by atoms with Gasteiger partial charge >= 0.3 is 5.97 Å². The van der Waals surface area contributed by atoms with E-state index in [4.69, 9.17) is 5.11 Å². The van der Waals surface area contributed by atoms with Crippen LogP contribution in [0.5, 0.6) is 0 Å². The molecule has 1 aromatic carbocycles. The number of amides is 1. The Bertz CT molecular complexity index is 449. The predicted octanol–water partition coefficient (Wildman–Crippen LogP) is 2.60. The highest BCUT2D eigenvalue weighted by Crippen LogP contribution is 2.06. The number of anilines is 1. The number of nitrogens with one attached hydrogen (secondary N) is 1. The zero-order valence-electron chi connectivity index (χ0n) is 9.87. The molecule has 0 bridgehead atoms. The van der Waals surface area contributed by atoms with Crippen LogP contribution in [0.4, 0.5) is 5.69 Å². The maximum atomic E-state index is 11.5. The summed E-state index contributed by atoms with van der Waals surface area (Å²) in [5.74, 6) is -1.05. The second-order valence-corrected chi connectivity index (χ2v) is 3.58. The van der Waals surface area contributed by atoms with E-state index in [0.717, 1.165) is 11.8 Å². The van der Waals surface area contributed by atoms with Gasteiger partial charge in [-0.25, -0.2) is 4.79 Å². The van der Waals surface area contributed by atoms with Crippen LogP contribution in [0.25, 0.3) is 0 Å². The van der Waals surface area contributed by atoms with Crippen LogP contribution in [0.15, 0.2) is 54.6 Å². The number of carboxylic acids is 1. The van der Waals surface area contributed by atoms with Crippen molar-refractivity contribution in [2.75, 3.05) is 5.32 Å². The van der Waals surface area contributed by atoms with Crippen molar-refractivity contribution in [1.82, 2.24) is 0 Å². The molecule has 0 saturated heterocycles. The molecule has 94 valence electrons. The molecule has 1 rings (SSSR count). The van der Waals surface area contributed by atoms with Crippen molar-refractivity contribution in [3.8, 4) is 0 Å². The van der Waals surface area contributed by atoms with Crippen LogP contribution in [0, 0.1) is 0 Å². The van der Waals surface area contributed by atoms with Crippen LogP contribution in [0.2, 0.25) is 0 Å². The number of allylic oxidation sites excluding steroid dienone is 3. The molecule has 4 heteroatoms. The van der Waals surface area contributed by atoms with Gasteiger partial charge in [0.15, 0.2) is 0 Å². The third kappa shape index (κ3) is 6.27. The molecule has 0 atom stereocenters. The maximum Gasteiger partial charge on any atom is 0.328 e. The van der Waals surface area contributed by atoms with Crippen molar-refractivity contribution in [3.05, 3.63) is 54.6 Å². The van der Waals surface area contributed by atoms with E-state index < -0.39 is 5.97 Å². The van der Waals surface area contributed by atoms with Crippen LogP contribution < -0.4 is 5.32 Å². The molecule has 2 N–H and O–H groups in total. The van der Waals surface area contributed by atoms with Crippen molar-refractivity contribution in [2.24, 2.45) is 0 Å². The number of carboxylic acid groups (broad SMARTS) is 1. The zero-order valence-corrected chi connectivity index (χ0v) is 9.87. The van der Waals surface area contributed by atoms with E-state index in [1.54, 1.807) is 12.2 Å². The van der Waals surface area contributed by atoms with Crippen molar-refractivity contribution in [2.45, 2.75) is 12.8 Å². The van der Waals surface area contributed by atoms with Gasteiger partial charge in [-0.2, -0.15) is 0 Å². The van der Waals surface area contributed by atoms with E-state index in [1.165, 1.54) is 6.08 Å².